The minimum absolute atomic E-state index is 0.184. The van der Waals surface area contributed by atoms with Gasteiger partial charge in [-0.05, 0) is 73.8 Å². The van der Waals surface area contributed by atoms with Crippen LogP contribution in [0.25, 0.3) is 10.9 Å². The third-order valence-electron chi connectivity index (χ3n) is 7.60. The van der Waals surface area contributed by atoms with Crippen molar-refractivity contribution in [3.05, 3.63) is 78.1 Å². The number of carbonyl (C=O) groups excluding carboxylic acids is 2. The lowest BCUT2D eigenvalue weighted by Crippen LogP contribution is -2.34. The molecule has 43 heavy (non-hydrogen) atoms. The van der Waals surface area contributed by atoms with Crippen LogP contribution >= 0.6 is 0 Å². The molecule has 1 saturated heterocycles. The molecule has 0 spiro atoms. The normalized spacial score (nSPS) is 14.0. The average Bonchev–Trinajstić information content (AvgIpc) is 3.45. The van der Waals surface area contributed by atoms with E-state index < -0.39 is 0 Å². The van der Waals surface area contributed by atoms with Crippen LogP contribution in [0.2, 0.25) is 0 Å². The summed E-state index contributed by atoms with van der Waals surface area (Å²) < 4.78 is 18.8. The summed E-state index contributed by atoms with van der Waals surface area (Å²) in [6.45, 7) is 3.46. The number of benzene rings is 2. The number of nitrogens with one attached hydrogen (secondary N) is 2. The number of aromatic nitrogens is 2. The number of anilines is 1. The van der Waals surface area contributed by atoms with Gasteiger partial charge in [0.05, 0.1) is 18.7 Å². The molecule has 0 radical (unpaired) electrons. The maximum Gasteiger partial charge on any atom is 0.325 e. The highest BCUT2D eigenvalue weighted by Crippen LogP contribution is 2.38. The number of aliphatic hydroxyl groups excluding tert-OH is 1. The van der Waals surface area contributed by atoms with E-state index in [2.05, 4.69) is 20.5 Å². The van der Waals surface area contributed by atoms with Crippen molar-refractivity contribution in [1.29, 1.82) is 0 Å². The Hall–Kier alpha value is -4.45. The number of hydrogen-bond donors (Lipinski definition) is 3. The molecule has 2 amide bonds. The topological polar surface area (TPSA) is 127 Å². The van der Waals surface area contributed by atoms with Crippen LogP contribution in [-0.4, -0.2) is 85.1 Å². The molecule has 5 rings (SSSR count). The van der Waals surface area contributed by atoms with Crippen LogP contribution in [0.3, 0.4) is 0 Å². The standard InChI is InChI=1S/C32H37N5O6/c1-33-32(40)37-15-11-25-20-29(28(21-26(25)37)42-19-18-41-2)43-27-4-3-12-34-30(27)35-31(39)24-7-5-22(6-8-24)23-9-13-36(14-10-23)16-17-38/h3-8,11-12,15,20-21,23,38H,9-10,13-14,16-19H2,1-2H3,(H,33,40)(H,34,35,39). The van der Waals surface area contributed by atoms with E-state index in [1.54, 1.807) is 50.8 Å². The molecular weight excluding hydrogens is 550 g/mol. The van der Waals surface area contributed by atoms with Gasteiger partial charge in [-0.1, -0.05) is 12.1 Å². The van der Waals surface area contributed by atoms with Crippen molar-refractivity contribution < 1.29 is 28.9 Å². The van der Waals surface area contributed by atoms with Crippen LogP contribution in [0.5, 0.6) is 17.2 Å². The highest BCUT2D eigenvalue weighted by molar-refractivity contribution is 6.04. The van der Waals surface area contributed by atoms with Gasteiger partial charge >= 0.3 is 6.03 Å². The Kier molecular flexibility index (Phi) is 9.88. The zero-order valence-electron chi connectivity index (χ0n) is 24.4. The molecule has 3 N–H and O–H groups in total. The molecule has 1 fully saturated rings. The van der Waals surface area contributed by atoms with Gasteiger partial charge in [-0.3, -0.25) is 9.36 Å². The molecule has 1 aliphatic rings. The van der Waals surface area contributed by atoms with Crippen molar-refractivity contribution in [2.75, 3.05) is 58.9 Å². The maximum absolute atomic E-state index is 13.2. The molecule has 226 valence electrons. The first kappa shape index (κ1) is 30.0. The van der Waals surface area contributed by atoms with E-state index in [4.69, 9.17) is 14.2 Å². The summed E-state index contributed by atoms with van der Waals surface area (Å²) in [7, 11) is 3.15. The van der Waals surface area contributed by atoms with Crippen LogP contribution in [0.4, 0.5) is 10.6 Å². The number of carbonyl (C=O) groups is 2. The number of β-amino-alcohol motifs (C(OH)–C–C–N with tert-alkyl or cyclic N) is 1. The van der Waals surface area contributed by atoms with E-state index in [0.29, 0.717) is 47.4 Å². The van der Waals surface area contributed by atoms with E-state index in [9.17, 15) is 14.7 Å². The number of aliphatic hydroxyl groups is 1. The van der Waals surface area contributed by atoms with Crippen LogP contribution in [0.15, 0.2) is 67.0 Å². The number of nitrogens with zero attached hydrogens (tertiary/aromatic N) is 3. The zero-order valence-corrected chi connectivity index (χ0v) is 24.4. The van der Waals surface area contributed by atoms with Crippen LogP contribution in [-0.2, 0) is 4.74 Å². The monoisotopic (exact) mass is 587 g/mol. The summed E-state index contributed by atoms with van der Waals surface area (Å²) in [4.78, 5) is 32.2. The van der Waals surface area contributed by atoms with Crippen molar-refractivity contribution in [2.45, 2.75) is 18.8 Å². The van der Waals surface area contributed by atoms with Gasteiger partial charge < -0.3 is 34.9 Å². The number of likely N-dealkylation sites (tertiary alicyclic amines) is 1. The first-order chi connectivity index (χ1) is 21.0. The lowest BCUT2D eigenvalue weighted by atomic mass is 9.89. The largest absolute Gasteiger partial charge is 0.487 e. The van der Waals surface area contributed by atoms with Crippen molar-refractivity contribution in [2.24, 2.45) is 0 Å². The van der Waals surface area contributed by atoms with E-state index in [1.165, 1.54) is 10.1 Å². The number of rotatable bonds is 11. The third-order valence-corrected chi connectivity index (χ3v) is 7.60. The molecule has 1 aliphatic heterocycles. The lowest BCUT2D eigenvalue weighted by molar-refractivity contribution is 0.102. The molecule has 0 aliphatic carbocycles. The SMILES string of the molecule is CNC(=O)n1ccc2cc(Oc3cccnc3NC(=O)c3ccc(C4CCN(CCO)CC4)cc3)c(OCCOC)cc21. The highest BCUT2D eigenvalue weighted by Gasteiger charge is 2.21. The van der Waals surface area contributed by atoms with E-state index in [1.807, 2.05) is 30.3 Å². The van der Waals surface area contributed by atoms with Gasteiger partial charge in [-0.2, -0.15) is 0 Å². The second-order valence-corrected chi connectivity index (χ2v) is 10.3. The number of amides is 2. The summed E-state index contributed by atoms with van der Waals surface area (Å²) in [6.07, 6.45) is 5.31. The summed E-state index contributed by atoms with van der Waals surface area (Å²) in [5.74, 6) is 1.54. The first-order valence-electron chi connectivity index (χ1n) is 14.4. The van der Waals surface area contributed by atoms with Crippen molar-refractivity contribution in [3.63, 3.8) is 0 Å². The Labute approximate surface area is 250 Å². The van der Waals surface area contributed by atoms with Gasteiger partial charge in [0.15, 0.2) is 23.1 Å². The minimum Gasteiger partial charge on any atom is -0.487 e. The molecule has 0 atom stereocenters. The molecule has 0 saturated carbocycles. The van der Waals surface area contributed by atoms with Crippen LogP contribution in [0, 0.1) is 0 Å². The fraction of sp³-hybridized carbons (Fsp3) is 0.344. The second-order valence-electron chi connectivity index (χ2n) is 10.3. The molecular formula is C32H37N5O6. The van der Waals surface area contributed by atoms with E-state index in [0.717, 1.165) is 31.3 Å². The lowest BCUT2D eigenvalue weighted by Gasteiger charge is -2.31. The van der Waals surface area contributed by atoms with Gasteiger partial charge in [-0.25, -0.2) is 9.78 Å². The first-order valence-corrected chi connectivity index (χ1v) is 14.4. The maximum atomic E-state index is 13.2. The number of hydrogen-bond acceptors (Lipinski definition) is 8. The number of piperidine rings is 1. The fourth-order valence-corrected chi connectivity index (χ4v) is 5.27. The minimum atomic E-state index is -0.303. The number of pyridine rings is 1. The average molecular weight is 588 g/mol. The Bertz CT molecular complexity index is 1550. The number of fused-ring (bicyclic) bond motifs is 1. The van der Waals surface area contributed by atoms with Gasteiger partial charge in [0.25, 0.3) is 5.91 Å². The molecule has 3 heterocycles. The van der Waals surface area contributed by atoms with Crippen molar-refractivity contribution in [3.8, 4) is 17.2 Å². The van der Waals surface area contributed by atoms with Crippen molar-refractivity contribution >= 4 is 28.7 Å². The summed E-state index contributed by atoms with van der Waals surface area (Å²) in [5, 5.41) is 15.5. The van der Waals surface area contributed by atoms with E-state index in [-0.39, 0.29) is 31.0 Å². The molecule has 2 aromatic carbocycles. The smallest absolute Gasteiger partial charge is 0.325 e. The van der Waals surface area contributed by atoms with Crippen LogP contribution < -0.4 is 20.1 Å². The predicted molar refractivity (Wildman–Crippen MR) is 163 cm³/mol. The van der Waals surface area contributed by atoms with Gasteiger partial charge in [0.1, 0.15) is 6.61 Å². The van der Waals surface area contributed by atoms with E-state index >= 15 is 0 Å². The Morgan fingerprint density at radius 3 is 2.53 bits per heavy atom. The summed E-state index contributed by atoms with van der Waals surface area (Å²) in [6, 6.07) is 16.2. The Balaban J connectivity index is 1.32. The molecule has 11 heteroatoms. The van der Waals surface area contributed by atoms with Gasteiger partial charge in [0.2, 0.25) is 0 Å². The Morgan fingerprint density at radius 2 is 1.81 bits per heavy atom. The number of methoxy groups -OCH3 is 1. The third kappa shape index (κ3) is 7.14. The highest BCUT2D eigenvalue weighted by atomic mass is 16.5. The molecule has 0 unspecified atom stereocenters. The Morgan fingerprint density at radius 1 is 1.02 bits per heavy atom. The second kappa shape index (κ2) is 14.1. The zero-order chi connectivity index (χ0) is 30.2. The molecule has 0 bridgehead atoms. The quantitative estimate of drug-likeness (QED) is 0.220. The predicted octanol–water partition coefficient (Wildman–Crippen LogP) is 4.47. The summed E-state index contributed by atoms with van der Waals surface area (Å²) in [5.41, 5.74) is 2.38. The fourth-order valence-electron chi connectivity index (χ4n) is 5.27. The molecule has 2 aromatic heterocycles. The van der Waals surface area contributed by atoms with Gasteiger partial charge in [-0.15, -0.1) is 0 Å². The van der Waals surface area contributed by atoms with Crippen molar-refractivity contribution in [1.82, 2.24) is 19.8 Å². The van der Waals surface area contributed by atoms with Gasteiger partial charge in [0, 0.05) is 50.1 Å². The molecule has 4 aromatic rings. The summed E-state index contributed by atoms with van der Waals surface area (Å²) >= 11 is 0. The number of ether oxygens (including phenoxy) is 3. The van der Waals surface area contributed by atoms with Crippen LogP contribution in [0.1, 0.15) is 34.7 Å². The molecule has 11 nitrogen and oxygen atoms in total.